The lowest BCUT2D eigenvalue weighted by atomic mass is 10.1. The second-order valence-corrected chi connectivity index (χ2v) is 5.69. The van der Waals surface area contributed by atoms with E-state index in [-0.39, 0.29) is 11.9 Å². The van der Waals surface area contributed by atoms with Crippen molar-refractivity contribution in [2.45, 2.75) is 18.9 Å². The van der Waals surface area contributed by atoms with Crippen LogP contribution < -0.4 is 10.1 Å². The lowest BCUT2D eigenvalue weighted by molar-refractivity contribution is 0.0623. The molecule has 1 aliphatic rings. The van der Waals surface area contributed by atoms with Crippen molar-refractivity contribution in [3.63, 3.8) is 0 Å². The molecule has 1 atom stereocenters. The molecule has 22 heavy (non-hydrogen) atoms. The van der Waals surface area contributed by atoms with E-state index in [0.717, 1.165) is 24.8 Å². The fourth-order valence-corrected chi connectivity index (χ4v) is 2.81. The smallest absolute Gasteiger partial charge is 0.256 e. The van der Waals surface area contributed by atoms with Crippen LogP contribution in [0.2, 0.25) is 5.02 Å². The Labute approximate surface area is 133 Å². The van der Waals surface area contributed by atoms with Gasteiger partial charge in [0, 0.05) is 23.2 Å². The zero-order valence-electron chi connectivity index (χ0n) is 12.3. The van der Waals surface area contributed by atoms with E-state index in [4.69, 9.17) is 21.1 Å². The molecule has 1 amide bonds. The molecule has 5 nitrogen and oxygen atoms in total. The number of hydrogen-bond donors (Lipinski definition) is 1. The number of pyridine rings is 1. The number of rotatable bonds is 3. The molecule has 0 saturated carbocycles. The summed E-state index contributed by atoms with van der Waals surface area (Å²) in [4.78, 5) is 16.8. The van der Waals surface area contributed by atoms with Crippen molar-refractivity contribution in [3.8, 4) is 5.75 Å². The molecule has 0 aliphatic carbocycles. The number of nitrogens with one attached hydrogen (secondary N) is 1. The minimum atomic E-state index is -0.197. The van der Waals surface area contributed by atoms with Gasteiger partial charge in [-0.2, -0.15) is 0 Å². The van der Waals surface area contributed by atoms with Crippen molar-refractivity contribution in [1.29, 1.82) is 0 Å². The van der Waals surface area contributed by atoms with Gasteiger partial charge in [0.25, 0.3) is 5.91 Å². The van der Waals surface area contributed by atoms with Gasteiger partial charge >= 0.3 is 0 Å². The second-order valence-electron chi connectivity index (χ2n) is 5.25. The standard InChI is InChI=1S/C16H17ClN2O3/c1-21-15-12-5-4-10(17)7-14(12)18-8-13(15)16(20)19-11-3-2-6-22-9-11/h4-5,7-8,11H,2-3,6,9H2,1H3,(H,19,20). The molecule has 1 aromatic heterocycles. The van der Waals surface area contributed by atoms with Gasteiger partial charge in [-0.3, -0.25) is 9.78 Å². The van der Waals surface area contributed by atoms with Crippen LogP contribution >= 0.6 is 11.6 Å². The minimum absolute atomic E-state index is 0.0341. The van der Waals surface area contributed by atoms with Gasteiger partial charge in [0.05, 0.1) is 25.3 Å². The van der Waals surface area contributed by atoms with Gasteiger partial charge in [-0.15, -0.1) is 0 Å². The average molecular weight is 321 g/mol. The van der Waals surface area contributed by atoms with Crippen molar-refractivity contribution in [1.82, 2.24) is 10.3 Å². The number of benzene rings is 1. The Balaban J connectivity index is 1.92. The van der Waals surface area contributed by atoms with E-state index in [2.05, 4.69) is 10.3 Å². The van der Waals surface area contributed by atoms with Gasteiger partial charge in [-0.25, -0.2) is 0 Å². The number of fused-ring (bicyclic) bond motifs is 1. The van der Waals surface area contributed by atoms with E-state index in [0.29, 0.717) is 28.5 Å². The summed E-state index contributed by atoms with van der Waals surface area (Å²) >= 11 is 5.97. The number of aromatic nitrogens is 1. The molecule has 1 aliphatic heterocycles. The van der Waals surface area contributed by atoms with Crippen LogP contribution in [0.25, 0.3) is 10.9 Å². The van der Waals surface area contributed by atoms with Crippen LogP contribution in [-0.2, 0) is 4.74 Å². The van der Waals surface area contributed by atoms with Crippen LogP contribution in [0.5, 0.6) is 5.75 Å². The van der Waals surface area contributed by atoms with Crippen LogP contribution in [0.4, 0.5) is 0 Å². The third kappa shape index (κ3) is 3.00. The predicted molar refractivity (Wildman–Crippen MR) is 84.6 cm³/mol. The zero-order chi connectivity index (χ0) is 15.5. The van der Waals surface area contributed by atoms with E-state index in [1.807, 2.05) is 6.07 Å². The highest BCUT2D eigenvalue weighted by Crippen LogP contribution is 2.30. The maximum absolute atomic E-state index is 12.5. The Morgan fingerprint density at radius 3 is 3.09 bits per heavy atom. The topological polar surface area (TPSA) is 60.5 Å². The molecule has 1 aromatic carbocycles. The molecule has 1 unspecified atom stereocenters. The van der Waals surface area contributed by atoms with E-state index in [1.54, 1.807) is 19.2 Å². The first-order valence-electron chi connectivity index (χ1n) is 7.20. The fraction of sp³-hybridized carbons (Fsp3) is 0.375. The highest BCUT2D eigenvalue weighted by Gasteiger charge is 2.21. The Bertz CT molecular complexity index is 699. The van der Waals surface area contributed by atoms with E-state index in [9.17, 15) is 4.79 Å². The van der Waals surface area contributed by atoms with Gasteiger partial charge in [0.1, 0.15) is 11.3 Å². The molecule has 1 saturated heterocycles. The molecule has 116 valence electrons. The molecule has 0 radical (unpaired) electrons. The normalized spacial score (nSPS) is 18.2. The maximum Gasteiger partial charge on any atom is 0.256 e. The van der Waals surface area contributed by atoms with Crippen molar-refractivity contribution in [3.05, 3.63) is 35.0 Å². The molecule has 1 fully saturated rings. The molecule has 0 spiro atoms. The molecule has 3 rings (SSSR count). The average Bonchev–Trinajstić information content (AvgIpc) is 2.54. The zero-order valence-corrected chi connectivity index (χ0v) is 13.0. The summed E-state index contributed by atoms with van der Waals surface area (Å²) in [7, 11) is 1.55. The van der Waals surface area contributed by atoms with Gasteiger partial charge in [-0.05, 0) is 31.0 Å². The van der Waals surface area contributed by atoms with Crippen LogP contribution in [-0.4, -0.2) is 37.3 Å². The van der Waals surface area contributed by atoms with Crippen LogP contribution in [0.15, 0.2) is 24.4 Å². The van der Waals surface area contributed by atoms with Crippen molar-refractivity contribution >= 4 is 28.4 Å². The Kier molecular flexibility index (Phi) is 4.45. The van der Waals surface area contributed by atoms with Crippen molar-refractivity contribution < 1.29 is 14.3 Å². The Morgan fingerprint density at radius 2 is 2.36 bits per heavy atom. The number of carbonyl (C=O) groups is 1. The van der Waals surface area contributed by atoms with E-state index >= 15 is 0 Å². The summed E-state index contributed by atoms with van der Waals surface area (Å²) in [6, 6.07) is 5.34. The highest BCUT2D eigenvalue weighted by atomic mass is 35.5. The van der Waals surface area contributed by atoms with E-state index < -0.39 is 0 Å². The van der Waals surface area contributed by atoms with Gasteiger partial charge in [0.15, 0.2) is 0 Å². The molecule has 2 aromatic rings. The summed E-state index contributed by atoms with van der Waals surface area (Å²) in [6.07, 6.45) is 3.40. The highest BCUT2D eigenvalue weighted by molar-refractivity contribution is 6.31. The lowest BCUT2D eigenvalue weighted by Gasteiger charge is -2.23. The van der Waals surface area contributed by atoms with Gasteiger partial charge < -0.3 is 14.8 Å². The summed E-state index contributed by atoms with van der Waals surface area (Å²) in [5.41, 5.74) is 1.12. The monoisotopic (exact) mass is 320 g/mol. The number of methoxy groups -OCH3 is 1. The van der Waals surface area contributed by atoms with Crippen molar-refractivity contribution in [2.75, 3.05) is 20.3 Å². The number of nitrogens with zero attached hydrogens (tertiary/aromatic N) is 1. The quantitative estimate of drug-likeness (QED) is 0.944. The van der Waals surface area contributed by atoms with Crippen LogP contribution in [0.1, 0.15) is 23.2 Å². The number of amides is 1. The summed E-state index contributed by atoms with van der Waals surface area (Å²) in [6.45, 7) is 1.30. The molecule has 6 heteroatoms. The van der Waals surface area contributed by atoms with Crippen LogP contribution in [0, 0.1) is 0 Å². The van der Waals surface area contributed by atoms with E-state index in [1.165, 1.54) is 6.20 Å². The first-order valence-corrected chi connectivity index (χ1v) is 7.57. The summed E-state index contributed by atoms with van der Waals surface area (Å²) in [5.74, 6) is 0.313. The molecule has 0 bridgehead atoms. The summed E-state index contributed by atoms with van der Waals surface area (Å²) < 4.78 is 10.8. The first kappa shape index (κ1) is 15.1. The third-order valence-electron chi connectivity index (χ3n) is 3.73. The Morgan fingerprint density at radius 1 is 1.50 bits per heavy atom. The van der Waals surface area contributed by atoms with Crippen molar-refractivity contribution in [2.24, 2.45) is 0 Å². The molecule has 2 heterocycles. The Hall–Kier alpha value is -1.85. The van der Waals surface area contributed by atoms with Gasteiger partial charge in [-0.1, -0.05) is 11.6 Å². The number of carbonyl (C=O) groups excluding carboxylic acids is 1. The maximum atomic E-state index is 12.5. The number of hydrogen-bond acceptors (Lipinski definition) is 4. The largest absolute Gasteiger partial charge is 0.495 e. The van der Waals surface area contributed by atoms with Crippen LogP contribution in [0.3, 0.4) is 0 Å². The lowest BCUT2D eigenvalue weighted by Crippen LogP contribution is -2.40. The number of halogens is 1. The fourth-order valence-electron chi connectivity index (χ4n) is 2.64. The predicted octanol–water partition coefficient (Wildman–Crippen LogP) is 2.81. The number of ether oxygens (including phenoxy) is 2. The molecular weight excluding hydrogens is 304 g/mol. The molecule has 1 N–H and O–H groups in total. The third-order valence-corrected chi connectivity index (χ3v) is 3.96. The second kappa shape index (κ2) is 6.50. The SMILES string of the molecule is COc1c(C(=O)NC2CCCOC2)cnc2cc(Cl)ccc12. The van der Waals surface area contributed by atoms with Gasteiger partial charge in [0.2, 0.25) is 0 Å². The first-order chi connectivity index (χ1) is 10.7. The molecular formula is C16H17ClN2O3. The minimum Gasteiger partial charge on any atom is -0.495 e. The summed E-state index contributed by atoms with van der Waals surface area (Å²) in [5, 5.41) is 4.34.